The number of carbonyl (C=O) groups excluding carboxylic acids is 2. The zero-order valence-corrected chi connectivity index (χ0v) is 13.0. The number of H-pyrrole nitrogens is 1. The molecule has 2 aromatic heterocycles. The Balaban J connectivity index is 1.69. The van der Waals surface area contributed by atoms with Crippen LogP contribution in [-0.2, 0) is 0 Å². The van der Waals surface area contributed by atoms with Gasteiger partial charge in [0.1, 0.15) is 0 Å². The molecule has 0 fully saturated rings. The van der Waals surface area contributed by atoms with Gasteiger partial charge < -0.3 is 9.90 Å². The monoisotopic (exact) mass is 339 g/mol. The van der Waals surface area contributed by atoms with Gasteiger partial charge >= 0.3 is 0 Å². The van der Waals surface area contributed by atoms with Crippen LogP contribution in [0.3, 0.4) is 0 Å². The number of hydrazone groups is 1. The largest absolute Gasteiger partial charge is 0.545 e. The van der Waals surface area contributed by atoms with Crippen LogP contribution in [0.1, 0.15) is 26.4 Å². The van der Waals surface area contributed by atoms with Crippen LogP contribution in [0.5, 0.6) is 0 Å². The lowest BCUT2D eigenvalue weighted by atomic mass is 10.1. The number of aromatic amines is 1. The molecule has 0 aliphatic carbocycles. The number of hydrogen-bond donors (Lipinski definition) is 2. The fourth-order valence-corrected chi connectivity index (χ4v) is 2.70. The lowest BCUT2D eigenvalue weighted by molar-refractivity contribution is -0.255. The van der Waals surface area contributed by atoms with Crippen LogP contribution >= 0.6 is 11.3 Å². The third kappa shape index (κ3) is 3.39. The molecule has 0 aliphatic rings. The molecule has 8 heteroatoms. The second kappa shape index (κ2) is 6.88. The summed E-state index contributed by atoms with van der Waals surface area (Å²) in [5.74, 6) is -1.81. The first-order valence-corrected chi connectivity index (χ1v) is 7.76. The first kappa shape index (κ1) is 15.6. The van der Waals surface area contributed by atoms with Gasteiger partial charge in [-0.05, 0) is 17.5 Å². The average molecular weight is 339 g/mol. The molecule has 0 bridgehead atoms. The molecule has 3 rings (SSSR count). The highest BCUT2D eigenvalue weighted by Crippen LogP contribution is 2.22. The number of carbonyl (C=O) groups is 2. The molecule has 1 aromatic carbocycles. The Bertz CT molecular complexity index is 900. The zero-order chi connectivity index (χ0) is 16.9. The quantitative estimate of drug-likeness (QED) is 0.538. The highest BCUT2D eigenvalue weighted by atomic mass is 32.1. The molecule has 3 aromatic rings. The van der Waals surface area contributed by atoms with Crippen LogP contribution < -0.4 is 10.5 Å². The van der Waals surface area contributed by atoms with Crippen LogP contribution in [0.4, 0.5) is 0 Å². The third-order valence-corrected chi connectivity index (χ3v) is 4.05. The summed E-state index contributed by atoms with van der Waals surface area (Å²) >= 11 is 1.53. The fourth-order valence-electron chi connectivity index (χ4n) is 2.01. The normalized spacial score (nSPS) is 10.8. The minimum atomic E-state index is -1.31. The Morgan fingerprint density at radius 2 is 2.08 bits per heavy atom. The van der Waals surface area contributed by atoms with Crippen molar-refractivity contribution in [2.45, 2.75) is 0 Å². The molecule has 0 aliphatic heterocycles. The summed E-state index contributed by atoms with van der Waals surface area (Å²) in [6, 6.07) is 11.6. The number of hydrogen-bond acceptors (Lipinski definition) is 6. The topological polar surface area (TPSA) is 110 Å². The number of rotatable bonds is 5. The molecule has 0 saturated heterocycles. The number of aromatic carboxylic acids is 1. The van der Waals surface area contributed by atoms with Gasteiger partial charge in [-0.3, -0.25) is 9.89 Å². The summed E-state index contributed by atoms with van der Waals surface area (Å²) in [6.45, 7) is 0. The molecular weight excluding hydrogens is 328 g/mol. The lowest BCUT2D eigenvalue weighted by Crippen LogP contribution is -2.24. The molecule has 120 valence electrons. The van der Waals surface area contributed by atoms with Gasteiger partial charge in [0, 0.05) is 11.1 Å². The fraction of sp³-hybridized carbons (Fsp3) is 0. The van der Waals surface area contributed by atoms with E-state index in [9.17, 15) is 14.7 Å². The van der Waals surface area contributed by atoms with Crippen LogP contribution in [0.25, 0.3) is 10.6 Å². The number of amides is 1. The van der Waals surface area contributed by atoms with E-state index in [-0.39, 0.29) is 11.3 Å². The average Bonchev–Trinajstić information content (AvgIpc) is 3.26. The predicted octanol–water partition coefficient (Wildman–Crippen LogP) is 1.27. The van der Waals surface area contributed by atoms with Gasteiger partial charge in [0.2, 0.25) is 0 Å². The number of aromatic nitrogens is 2. The molecule has 2 heterocycles. The van der Waals surface area contributed by atoms with Crippen LogP contribution in [0.15, 0.2) is 52.9 Å². The maximum absolute atomic E-state index is 12.0. The number of nitrogens with one attached hydrogen (secondary N) is 2. The van der Waals surface area contributed by atoms with E-state index in [1.165, 1.54) is 23.6 Å². The maximum Gasteiger partial charge on any atom is 0.291 e. The van der Waals surface area contributed by atoms with Crippen molar-refractivity contribution in [3.05, 3.63) is 64.7 Å². The van der Waals surface area contributed by atoms with Crippen molar-refractivity contribution in [2.24, 2.45) is 5.10 Å². The second-order valence-corrected chi connectivity index (χ2v) is 5.67. The van der Waals surface area contributed by atoms with Crippen molar-refractivity contribution in [3.63, 3.8) is 0 Å². The van der Waals surface area contributed by atoms with Gasteiger partial charge in [-0.2, -0.15) is 10.2 Å². The van der Waals surface area contributed by atoms with E-state index in [1.807, 2.05) is 17.5 Å². The molecule has 24 heavy (non-hydrogen) atoms. The number of nitrogens with zero attached hydrogens (tertiary/aromatic N) is 2. The van der Waals surface area contributed by atoms with Crippen LogP contribution in [0.2, 0.25) is 0 Å². The van der Waals surface area contributed by atoms with E-state index in [4.69, 9.17) is 0 Å². The second-order valence-electron chi connectivity index (χ2n) is 4.72. The predicted molar refractivity (Wildman–Crippen MR) is 87.7 cm³/mol. The molecule has 0 radical (unpaired) electrons. The molecule has 0 atom stereocenters. The van der Waals surface area contributed by atoms with E-state index in [0.29, 0.717) is 5.56 Å². The Kier molecular flexibility index (Phi) is 4.48. The lowest BCUT2D eigenvalue weighted by Gasteiger charge is -2.05. The number of carboxylic acids is 1. The van der Waals surface area contributed by atoms with E-state index in [0.717, 1.165) is 10.6 Å². The van der Waals surface area contributed by atoms with E-state index >= 15 is 0 Å². The summed E-state index contributed by atoms with van der Waals surface area (Å²) < 4.78 is 0. The first-order chi connectivity index (χ1) is 11.6. The standard InChI is InChI=1S/C16H12N4O3S/c21-15(13-8-12(18-19-13)14-6-3-7-24-14)20-17-9-10-4-1-2-5-11(10)16(22)23/h1-9H,(H,18,19)(H,20,21)(H,22,23)/p-1/b17-9-. The molecule has 7 nitrogen and oxygen atoms in total. The van der Waals surface area contributed by atoms with Crippen molar-refractivity contribution in [3.8, 4) is 10.6 Å². The van der Waals surface area contributed by atoms with Gasteiger partial charge in [0.25, 0.3) is 5.91 Å². The highest BCUT2D eigenvalue weighted by Gasteiger charge is 2.11. The van der Waals surface area contributed by atoms with E-state index in [1.54, 1.807) is 24.3 Å². The van der Waals surface area contributed by atoms with Gasteiger partial charge in [-0.1, -0.05) is 30.3 Å². The molecular formula is C16H11N4O3S-. The highest BCUT2D eigenvalue weighted by molar-refractivity contribution is 7.13. The molecule has 1 amide bonds. The Morgan fingerprint density at radius 3 is 2.83 bits per heavy atom. The SMILES string of the molecule is O=C(N/N=C\c1ccccc1C(=O)[O-])c1cc(-c2cccs2)[nH]n1. The Labute approximate surface area is 140 Å². The molecule has 0 saturated carbocycles. The first-order valence-electron chi connectivity index (χ1n) is 6.88. The minimum Gasteiger partial charge on any atom is -0.545 e. The summed E-state index contributed by atoms with van der Waals surface area (Å²) in [7, 11) is 0. The molecule has 0 unspecified atom stereocenters. The summed E-state index contributed by atoms with van der Waals surface area (Å²) in [4.78, 5) is 24.0. The van der Waals surface area contributed by atoms with Crippen molar-refractivity contribution in [1.29, 1.82) is 0 Å². The van der Waals surface area contributed by atoms with Gasteiger partial charge in [0.05, 0.1) is 22.8 Å². The maximum atomic E-state index is 12.0. The Morgan fingerprint density at radius 1 is 1.25 bits per heavy atom. The third-order valence-electron chi connectivity index (χ3n) is 3.15. The Hall–Kier alpha value is -3.26. The summed E-state index contributed by atoms with van der Waals surface area (Å²) in [5.41, 5.74) is 3.56. The van der Waals surface area contributed by atoms with Gasteiger partial charge in [0.15, 0.2) is 5.69 Å². The van der Waals surface area contributed by atoms with Gasteiger partial charge in [-0.15, -0.1) is 11.3 Å². The van der Waals surface area contributed by atoms with Crippen molar-refractivity contribution < 1.29 is 14.7 Å². The summed E-state index contributed by atoms with van der Waals surface area (Å²) in [6.07, 6.45) is 1.25. The van der Waals surface area contributed by atoms with Crippen LogP contribution in [-0.4, -0.2) is 28.3 Å². The van der Waals surface area contributed by atoms with E-state index < -0.39 is 11.9 Å². The van der Waals surface area contributed by atoms with Gasteiger partial charge in [-0.25, -0.2) is 5.43 Å². The zero-order valence-electron chi connectivity index (χ0n) is 12.2. The van der Waals surface area contributed by atoms with Crippen molar-refractivity contribution >= 4 is 29.4 Å². The number of benzene rings is 1. The minimum absolute atomic E-state index is 0.00440. The van der Waals surface area contributed by atoms with Crippen LogP contribution in [0, 0.1) is 0 Å². The van der Waals surface area contributed by atoms with Crippen molar-refractivity contribution in [2.75, 3.05) is 0 Å². The smallest absolute Gasteiger partial charge is 0.291 e. The number of thiophene rings is 1. The molecule has 0 spiro atoms. The molecule has 2 N–H and O–H groups in total. The van der Waals surface area contributed by atoms with Crippen molar-refractivity contribution in [1.82, 2.24) is 15.6 Å². The van der Waals surface area contributed by atoms with E-state index in [2.05, 4.69) is 20.7 Å². The summed E-state index contributed by atoms with van der Waals surface area (Å²) in [5, 5.41) is 23.4. The number of carboxylic acid groups (broad SMARTS) is 1.